The van der Waals surface area contributed by atoms with Crippen LogP contribution in [0.3, 0.4) is 0 Å². The number of allylic oxidation sites excluding steroid dienone is 2. The molecule has 1 aliphatic heterocycles. The topological polar surface area (TPSA) is 59.2 Å². The summed E-state index contributed by atoms with van der Waals surface area (Å²) < 4.78 is 5.68. The van der Waals surface area contributed by atoms with Gasteiger partial charge in [0.25, 0.3) is 5.22 Å². The molecular weight excluding hydrogens is 382 g/mol. The Morgan fingerprint density at radius 2 is 1.83 bits per heavy atom. The molecule has 0 radical (unpaired) electrons. The number of hydrogen-bond donors (Lipinski definition) is 0. The molecule has 0 unspecified atom stereocenters. The number of rotatable bonds is 6. The Kier molecular flexibility index (Phi) is 5.28. The lowest BCUT2D eigenvalue weighted by Gasteiger charge is -2.23. The Balaban J connectivity index is 1.41. The van der Waals surface area contributed by atoms with Crippen LogP contribution in [0.25, 0.3) is 0 Å². The molecule has 148 valence electrons. The van der Waals surface area contributed by atoms with Crippen molar-refractivity contribution in [3.05, 3.63) is 83.4 Å². The molecule has 0 bridgehead atoms. The smallest absolute Gasteiger partial charge is 0.277 e. The summed E-state index contributed by atoms with van der Waals surface area (Å²) in [7, 11) is 2.01. The molecule has 5 nitrogen and oxygen atoms in total. The fourth-order valence-electron chi connectivity index (χ4n) is 3.72. The molecule has 0 fully saturated rings. The van der Waals surface area contributed by atoms with E-state index >= 15 is 0 Å². The van der Waals surface area contributed by atoms with Gasteiger partial charge in [-0.15, -0.1) is 10.2 Å². The third-order valence-electron chi connectivity index (χ3n) is 5.22. The molecule has 0 atom stereocenters. The Morgan fingerprint density at radius 3 is 2.59 bits per heavy atom. The largest absolute Gasteiger partial charge is 0.416 e. The number of benzene rings is 2. The molecule has 4 rings (SSSR count). The van der Waals surface area contributed by atoms with Gasteiger partial charge in [-0.1, -0.05) is 74.1 Å². The van der Waals surface area contributed by atoms with Gasteiger partial charge in [0, 0.05) is 29.9 Å². The lowest BCUT2D eigenvalue weighted by Crippen LogP contribution is -2.24. The van der Waals surface area contributed by atoms with Gasteiger partial charge in [0.15, 0.2) is 5.78 Å². The van der Waals surface area contributed by atoms with E-state index in [-0.39, 0.29) is 17.0 Å². The van der Waals surface area contributed by atoms with Crippen LogP contribution in [-0.4, -0.2) is 28.8 Å². The van der Waals surface area contributed by atoms with Gasteiger partial charge >= 0.3 is 0 Å². The second kappa shape index (κ2) is 7.87. The third kappa shape index (κ3) is 3.98. The first kappa shape index (κ1) is 19.5. The van der Waals surface area contributed by atoms with Crippen molar-refractivity contribution >= 4 is 23.2 Å². The molecule has 3 aromatic rings. The zero-order chi connectivity index (χ0) is 20.4. The van der Waals surface area contributed by atoms with E-state index in [1.165, 1.54) is 17.3 Å². The number of likely N-dealkylation sites (N-methyl/N-ethyl adjacent to an activating group) is 1. The number of para-hydroxylation sites is 1. The van der Waals surface area contributed by atoms with Gasteiger partial charge in [-0.25, -0.2) is 0 Å². The number of nitrogens with zero attached hydrogens (tertiary/aromatic N) is 3. The lowest BCUT2D eigenvalue weighted by atomic mass is 9.83. The first-order chi connectivity index (χ1) is 13.9. The number of anilines is 1. The van der Waals surface area contributed by atoms with Crippen molar-refractivity contribution in [2.24, 2.45) is 0 Å². The summed E-state index contributed by atoms with van der Waals surface area (Å²) in [4.78, 5) is 14.7. The van der Waals surface area contributed by atoms with Crippen LogP contribution in [0, 0.1) is 0 Å². The highest BCUT2D eigenvalue weighted by molar-refractivity contribution is 7.99. The Morgan fingerprint density at radius 1 is 1.10 bits per heavy atom. The number of aromatic nitrogens is 2. The van der Waals surface area contributed by atoms with Gasteiger partial charge in [-0.3, -0.25) is 4.79 Å². The van der Waals surface area contributed by atoms with Gasteiger partial charge in [0.1, 0.15) is 0 Å². The molecule has 0 spiro atoms. The molecule has 2 aromatic carbocycles. The zero-order valence-corrected chi connectivity index (χ0v) is 17.6. The summed E-state index contributed by atoms with van der Waals surface area (Å²) in [6, 6.07) is 18.2. The van der Waals surface area contributed by atoms with E-state index in [4.69, 9.17) is 4.42 Å². The number of carbonyl (C=O) groups is 1. The van der Waals surface area contributed by atoms with Crippen LogP contribution in [0.15, 0.2) is 76.0 Å². The normalized spacial score (nSPS) is 16.2. The Bertz CT molecular complexity index is 1060. The van der Waals surface area contributed by atoms with Crippen LogP contribution >= 0.6 is 11.8 Å². The highest BCUT2D eigenvalue weighted by Gasteiger charge is 2.38. The summed E-state index contributed by atoms with van der Waals surface area (Å²) in [5, 5.41) is 8.56. The number of fused-ring (bicyclic) bond motifs is 1. The summed E-state index contributed by atoms with van der Waals surface area (Å²) in [5.74, 6) is 0.841. The van der Waals surface area contributed by atoms with Crippen LogP contribution in [0.4, 0.5) is 5.69 Å². The number of hydrogen-bond acceptors (Lipinski definition) is 6. The lowest BCUT2D eigenvalue weighted by molar-refractivity contribution is -0.112. The zero-order valence-electron chi connectivity index (χ0n) is 16.8. The van der Waals surface area contributed by atoms with Crippen molar-refractivity contribution < 1.29 is 9.21 Å². The van der Waals surface area contributed by atoms with Gasteiger partial charge in [0.05, 0.1) is 12.2 Å². The fraction of sp³-hybridized carbons (Fsp3) is 0.261. The van der Waals surface area contributed by atoms with Gasteiger partial charge in [0.2, 0.25) is 5.89 Å². The van der Waals surface area contributed by atoms with Gasteiger partial charge in [-0.05, 0) is 17.2 Å². The van der Waals surface area contributed by atoms with Crippen LogP contribution in [-0.2, 0) is 16.6 Å². The average Bonchev–Trinajstić information content (AvgIpc) is 3.24. The van der Waals surface area contributed by atoms with Crippen molar-refractivity contribution in [1.29, 1.82) is 0 Å². The first-order valence-electron chi connectivity index (χ1n) is 9.52. The second-order valence-corrected chi connectivity index (χ2v) is 8.54. The Labute approximate surface area is 174 Å². The summed E-state index contributed by atoms with van der Waals surface area (Å²) >= 11 is 1.28. The number of thioether (sulfide) groups is 1. The molecule has 1 aliphatic rings. The summed E-state index contributed by atoms with van der Waals surface area (Å²) in [5.41, 5.74) is 4.28. The standard InChI is InChI=1S/C23H23N3O2S/c1-23(2)18-11-7-8-12-19(18)26(3)20(23)14-17(27)15-29-22-25-24-21(28-22)13-16-9-5-4-6-10-16/h4-12,14H,13,15H2,1-3H3/b20-14-. The minimum absolute atomic E-state index is 0.0283. The predicted octanol–water partition coefficient (Wildman–Crippen LogP) is 4.63. The quantitative estimate of drug-likeness (QED) is 0.440. The molecular formula is C23H23N3O2S. The molecule has 29 heavy (non-hydrogen) atoms. The molecule has 6 heteroatoms. The van der Waals surface area contributed by atoms with Crippen molar-refractivity contribution in [3.63, 3.8) is 0 Å². The molecule has 0 N–H and O–H groups in total. The van der Waals surface area contributed by atoms with Crippen molar-refractivity contribution in [2.75, 3.05) is 17.7 Å². The maximum Gasteiger partial charge on any atom is 0.277 e. The maximum absolute atomic E-state index is 12.6. The van der Waals surface area contributed by atoms with Crippen molar-refractivity contribution in [1.82, 2.24) is 10.2 Å². The van der Waals surface area contributed by atoms with Crippen molar-refractivity contribution in [3.8, 4) is 0 Å². The second-order valence-electron chi connectivity index (χ2n) is 7.61. The van der Waals surface area contributed by atoms with Crippen LogP contribution in [0.2, 0.25) is 0 Å². The highest BCUT2D eigenvalue weighted by Crippen LogP contribution is 2.46. The van der Waals surface area contributed by atoms with Gasteiger partial charge in [-0.2, -0.15) is 0 Å². The predicted molar refractivity (Wildman–Crippen MR) is 115 cm³/mol. The minimum atomic E-state index is -0.209. The van der Waals surface area contributed by atoms with E-state index in [9.17, 15) is 4.79 Å². The van der Waals surface area contributed by atoms with E-state index in [2.05, 4.69) is 41.1 Å². The minimum Gasteiger partial charge on any atom is -0.416 e. The van der Waals surface area contributed by atoms with Gasteiger partial charge < -0.3 is 9.32 Å². The molecule has 0 aliphatic carbocycles. The Hall–Kier alpha value is -2.86. The molecule has 0 amide bonds. The molecule has 1 aromatic heterocycles. The molecule has 0 saturated heterocycles. The van der Waals surface area contributed by atoms with E-state index in [1.54, 1.807) is 6.08 Å². The van der Waals surface area contributed by atoms with E-state index < -0.39 is 0 Å². The number of carbonyl (C=O) groups excluding carboxylic acids is 1. The molecule has 2 heterocycles. The SMILES string of the molecule is CN1/C(=C\C(=O)CSc2nnc(Cc3ccccc3)o2)C(C)(C)c2ccccc21. The van der Waals surface area contributed by atoms with E-state index in [0.29, 0.717) is 17.5 Å². The monoisotopic (exact) mass is 405 g/mol. The highest BCUT2D eigenvalue weighted by atomic mass is 32.2. The van der Waals surface area contributed by atoms with E-state index in [0.717, 1.165) is 16.9 Å². The van der Waals surface area contributed by atoms with E-state index in [1.807, 2.05) is 49.5 Å². The average molecular weight is 406 g/mol. The van der Waals surface area contributed by atoms with Crippen LogP contribution in [0.1, 0.15) is 30.9 Å². The third-order valence-corrected chi connectivity index (χ3v) is 6.06. The summed E-state index contributed by atoms with van der Waals surface area (Å²) in [6.07, 6.45) is 2.33. The number of ketones is 1. The van der Waals surface area contributed by atoms with Crippen molar-refractivity contribution in [2.45, 2.75) is 30.9 Å². The van der Waals surface area contributed by atoms with Crippen LogP contribution in [0.5, 0.6) is 0 Å². The molecule has 0 saturated carbocycles. The summed E-state index contributed by atoms with van der Waals surface area (Å²) in [6.45, 7) is 4.30. The van der Waals surface area contributed by atoms with Crippen LogP contribution < -0.4 is 4.90 Å². The fourth-order valence-corrected chi connectivity index (χ4v) is 4.33. The first-order valence-corrected chi connectivity index (χ1v) is 10.5. The maximum atomic E-state index is 12.6.